The number of rotatable bonds is 5. The lowest BCUT2D eigenvalue weighted by Crippen LogP contribution is -2.21. The molecule has 112 valence electrons. The number of anilines is 2. The van der Waals surface area contributed by atoms with Crippen LogP contribution in [0.2, 0.25) is 0 Å². The van der Waals surface area contributed by atoms with E-state index in [9.17, 15) is 4.39 Å². The molecule has 21 heavy (non-hydrogen) atoms. The summed E-state index contributed by atoms with van der Waals surface area (Å²) < 4.78 is 13.8. The Balaban J connectivity index is 2.31. The number of hydrogen-bond donors (Lipinski definition) is 1. The fraction of sp³-hybridized carbons (Fsp3) is 0.375. The van der Waals surface area contributed by atoms with Crippen LogP contribution >= 0.6 is 0 Å². The van der Waals surface area contributed by atoms with Crippen LogP contribution in [0.3, 0.4) is 0 Å². The van der Waals surface area contributed by atoms with Crippen LogP contribution in [0.1, 0.15) is 23.9 Å². The van der Waals surface area contributed by atoms with Gasteiger partial charge in [-0.15, -0.1) is 0 Å². The van der Waals surface area contributed by atoms with Gasteiger partial charge in [-0.05, 0) is 26.8 Å². The van der Waals surface area contributed by atoms with Crippen LogP contribution in [0.25, 0.3) is 0 Å². The topological polar surface area (TPSA) is 41.1 Å². The smallest absolute Gasteiger partial charge is 0.137 e. The Morgan fingerprint density at radius 2 is 1.90 bits per heavy atom. The molecule has 0 spiro atoms. The van der Waals surface area contributed by atoms with E-state index in [0.29, 0.717) is 17.9 Å². The van der Waals surface area contributed by atoms with Gasteiger partial charge >= 0.3 is 0 Å². The summed E-state index contributed by atoms with van der Waals surface area (Å²) in [6, 6.07) is 6.81. The SMILES string of the molecule is CCNc1nc(C)nc(N(C)Cc2ccccc2F)c1C. The van der Waals surface area contributed by atoms with Gasteiger partial charge in [0.1, 0.15) is 23.3 Å². The van der Waals surface area contributed by atoms with Gasteiger partial charge < -0.3 is 10.2 Å². The molecule has 0 saturated carbocycles. The van der Waals surface area contributed by atoms with Crippen molar-refractivity contribution in [2.24, 2.45) is 0 Å². The van der Waals surface area contributed by atoms with E-state index in [-0.39, 0.29) is 5.82 Å². The van der Waals surface area contributed by atoms with Crippen molar-refractivity contribution < 1.29 is 4.39 Å². The predicted octanol–water partition coefficient (Wildman–Crippen LogP) is 3.30. The molecule has 0 saturated heterocycles. The lowest BCUT2D eigenvalue weighted by Gasteiger charge is -2.22. The van der Waals surface area contributed by atoms with Crippen molar-refractivity contribution in [3.8, 4) is 0 Å². The van der Waals surface area contributed by atoms with Crippen LogP contribution in [0.5, 0.6) is 0 Å². The summed E-state index contributed by atoms with van der Waals surface area (Å²) in [6.07, 6.45) is 0. The van der Waals surface area contributed by atoms with Crippen LogP contribution < -0.4 is 10.2 Å². The van der Waals surface area contributed by atoms with E-state index in [0.717, 1.165) is 23.7 Å². The Hall–Kier alpha value is -2.17. The van der Waals surface area contributed by atoms with Gasteiger partial charge in [0, 0.05) is 31.3 Å². The molecule has 0 unspecified atom stereocenters. The highest BCUT2D eigenvalue weighted by Gasteiger charge is 2.14. The molecule has 1 aromatic carbocycles. The zero-order valence-corrected chi connectivity index (χ0v) is 12.9. The van der Waals surface area contributed by atoms with Crippen LogP contribution in [0.15, 0.2) is 24.3 Å². The van der Waals surface area contributed by atoms with Crippen LogP contribution in [0, 0.1) is 19.7 Å². The standard InChI is InChI=1S/C16H21FN4/c1-5-18-15-11(2)16(20-12(3)19-15)21(4)10-13-8-6-7-9-14(13)17/h6-9H,5,10H2,1-4H3,(H,18,19,20). The fourth-order valence-electron chi connectivity index (χ4n) is 2.28. The molecule has 1 aromatic heterocycles. The van der Waals surface area contributed by atoms with Crippen LogP contribution in [0.4, 0.5) is 16.0 Å². The molecule has 0 amide bonds. The van der Waals surface area contributed by atoms with E-state index < -0.39 is 0 Å². The molecule has 0 aliphatic carbocycles. The maximum atomic E-state index is 13.8. The molecular formula is C16H21FN4. The average molecular weight is 288 g/mol. The first kappa shape index (κ1) is 15.2. The summed E-state index contributed by atoms with van der Waals surface area (Å²) in [5, 5.41) is 3.24. The summed E-state index contributed by atoms with van der Waals surface area (Å²) in [5.74, 6) is 2.16. The van der Waals surface area contributed by atoms with Gasteiger partial charge in [0.15, 0.2) is 0 Å². The van der Waals surface area contributed by atoms with E-state index in [1.165, 1.54) is 6.07 Å². The summed E-state index contributed by atoms with van der Waals surface area (Å²) >= 11 is 0. The van der Waals surface area contributed by atoms with E-state index in [1.807, 2.05) is 38.8 Å². The van der Waals surface area contributed by atoms with Crippen molar-refractivity contribution >= 4 is 11.6 Å². The normalized spacial score (nSPS) is 10.5. The third-order valence-electron chi connectivity index (χ3n) is 3.30. The third kappa shape index (κ3) is 3.48. The highest BCUT2D eigenvalue weighted by Crippen LogP contribution is 2.24. The first-order valence-electron chi connectivity index (χ1n) is 7.06. The number of nitrogens with one attached hydrogen (secondary N) is 1. The van der Waals surface area contributed by atoms with Gasteiger partial charge in [0.05, 0.1) is 0 Å². The minimum atomic E-state index is -0.195. The molecular weight excluding hydrogens is 267 g/mol. The van der Waals surface area contributed by atoms with Crippen LogP contribution in [-0.4, -0.2) is 23.6 Å². The van der Waals surface area contributed by atoms with E-state index in [4.69, 9.17) is 0 Å². The molecule has 0 radical (unpaired) electrons. The second-order valence-corrected chi connectivity index (χ2v) is 5.05. The second-order valence-electron chi connectivity index (χ2n) is 5.05. The maximum Gasteiger partial charge on any atom is 0.137 e. The molecule has 2 aromatic rings. The predicted molar refractivity (Wildman–Crippen MR) is 84.2 cm³/mol. The molecule has 2 rings (SSSR count). The average Bonchev–Trinajstić information content (AvgIpc) is 2.45. The van der Waals surface area contributed by atoms with E-state index >= 15 is 0 Å². The maximum absolute atomic E-state index is 13.8. The van der Waals surface area contributed by atoms with Crippen molar-refractivity contribution in [1.82, 2.24) is 9.97 Å². The largest absolute Gasteiger partial charge is 0.370 e. The molecule has 0 atom stereocenters. The quantitative estimate of drug-likeness (QED) is 0.916. The van der Waals surface area contributed by atoms with Gasteiger partial charge in [-0.3, -0.25) is 0 Å². The van der Waals surface area contributed by atoms with Gasteiger partial charge in [-0.1, -0.05) is 18.2 Å². The molecule has 0 aliphatic rings. The van der Waals surface area contributed by atoms with Gasteiger partial charge in [0.25, 0.3) is 0 Å². The van der Waals surface area contributed by atoms with Gasteiger partial charge in [-0.25, -0.2) is 14.4 Å². The molecule has 4 nitrogen and oxygen atoms in total. The Labute approximate surface area is 125 Å². The lowest BCUT2D eigenvalue weighted by atomic mass is 10.2. The summed E-state index contributed by atoms with van der Waals surface area (Å²) in [5.41, 5.74) is 1.63. The molecule has 0 bridgehead atoms. The van der Waals surface area contributed by atoms with Crippen molar-refractivity contribution in [3.63, 3.8) is 0 Å². The third-order valence-corrected chi connectivity index (χ3v) is 3.30. The van der Waals surface area contributed by atoms with Gasteiger partial charge in [0.2, 0.25) is 0 Å². The summed E-state index contributed by atoms with van der Waals surface area (Å²) in [4.78, 5) is 10.8. The zero-order valence-electron chi connectivity index (χ0n) is 12.9. The molecule has 5 heteroatoms. The number of nitrogens with zero attached hydrogens (tertiary/aromatic N) is 3. The van der Waals surface area contributed by atoms with Crippen molar-refractivity contribution in [2.45, 2.75) is 27.3 Å². The summed E-state index contributed by atoms with van der Waals surface area (Å²) in [7, 11) is 1.91. The number of aryl methyl sites for hydroxylation is 1. The Morgan fingerprint density at radius 3 is 2.57 bits per heavy atom. The molecule has 0 aliphatic heterocycles. The lowest BCUT2D eigenvalue weighted by molar-refractivity contribution is 0.607. The first-order valence-corrected chi connectivity index (χ1v) is 7.06. The molecule has 0 fully saturated rings. The molecule has 1 heterocycles. The van der Waals surface area contributed by atoms with E-state index in [1.54, 1.807) is 12.1 Å². The Kier molecular flexibility index (Phi) is 4.73. The molecule has 1 N–H and O–H groups in total. The number of hydrogen-bond acceptors (Lipinski definition) is 4. The highest BCUT2D eigenvalue weighted by atomic mass is 19.1. The summed E-state index contributed by atoms with van der Waals surface area (Å²) in [6.45, 7) is 7.13. The van der Waals surface area contributed by atoms with Crippen molar-refractivity contribution in [2.75, 3.05) is 23.8 Å². The monoisotopic (exact) mass is 288 g/mol. The van der Waals surface area contributed by atoms with Crippen molar-refractivity contribution in [1.29, 1.82) is 0 Å². The highest BCUT2D eigenvalue weighted by molar-refractivity contribution is 5.58. The first-order chi connectivity index (χ1) is 10.0. The van der Waals surface area contributed by atoms with E-state index in [2.05, 4.69) is 15.3 Å². The minimum absolute atomic E-state index is 0.195. The van der Waals surface area contributed by atoms with Crippen molar-refractivity contribution in [3.05, 3.63) is 47.0 Å². The zero-order chi connectivity index (χ0) is 15.4. The minimum Gasteiger partial charge on any atom is -0.370 e. The van der Waals surface area contributed by atoms with Gasteiger partial charge in [-0.2, -0.15) is 0 Å². The number of benzene rings is 1. The number of aromatic nitrogens is 2. The Bertz CT molecular complexity index is 628. The van der Waals surface area contributed by atoms with Crippen LogP contribution in [-0.2, 0) is 6.54 Å². The number of halogens is 1. The Morgan fingerprint density at radius 1 is 1.19 bits per heavy atom. The fourth-order valence-corrected chi connectivity index (χ4v) is 2.28. The second kappa shape index (κ2) is 6.52.